The molecule has 0 saturated carbocycles. The van der Waals surface area contributed by atoms with Gasteiger partial charge in [0.25, 0.3) is 5.91 Å². The highest BCUT2D eigenvalue weighted by Crippen LogP contribution is 2.39. The zero-order valence-electron chi connectivity index (χ0n) is 16.9. The van der Waals surface area contributed by atoms with Crippen molar-refractivity contribution in [2.45, 2.75) is 20.0 Å². The summed E-state index contributed by atoms with van der Waals surface area (Å²) in [5.41, 5.74) is 1.65. The molecule has 6 heteroatoms. The number of fused-ring (bicyclic) bond motifs is 1. The zero-order chi connectivity index (χ0) is 21.3. The number of thiocarbonyl (C=S) groups is 1. The first-order chi connectivity index (χ1) is 14.5. The van der Waals surface area contributed by atoms with Crippen LogP contribution in [0.15, 0.2) is 65.6 Å². The van der Waals surface area contributed by atoms with Crippen molar-refractivity contribution in [1.29, 1.82) is 0 Å². The van der Waals surface area contributed by atoms with Crippen LogP contribution >= 0.6 is 24.0 Å². The van der Waals surface area contributed by atoms with Crippen LogP contribution in [0.25, 0.3) is 16.8 Å². The van der Waals surface area contributed by atoms with Crippen LogP contribution in [0.2, 0.25) is 0 Å². The number of rotatable bonds is 5. The molecular weight excluding hydrogens is 414 g/mol. The molecule has 1 amide bonds. The lowest BCUT2D eigenvalue weighted by Gasteiger charge is -2.17. The second-order valence-electron chi connectivity index (χ2n) is 7.09. The minimum atomic E-state index is -0.122. The standard InChI is InChI=1S/C24H21NO3S2/c1-15(2)28-20-12-11-16(13-21(20)27-3)14-22-23(26)25(24(29)30-22)19-10-6-8-17-7-4-5-9-18(17)19/h4-15H,1-3H3/b22-14+. The van der Waals surface area contributed by atoms with Crippen LogP contribution in [0.1, 0.15) is 19.4 Å². The number of carbonyl (C=O) groups is 1. The highest BCUT2D eigenvalue weighted by molar-refractivity contribution is 8.27. The maximum atomic E-state index is 13.2. The average molecular weight is 436 g/mol. The van der Waals surface area contributed by atoms with Crippen LogP contribution in [0, 0.1) is 0 Å². The molecule has 0 unspecified atom stereocenters. The highest BCUT2D eigenvalue weighted by atomic mass is 32.2. The maximum Gasteiger partial charge on any atom is 0.270 e. The summed E-state index contributed by atoms with van der Waals surface area (Å²) in [7, 11) is 1.60. The molecule has 1 fully saturated rings. The number of thioether (sulfide) groups is 1. The molecule has 0 spiro atoms. The number of carbonyl (C=O) groups excluding carboxylic acids is 1. The number of ether oxygens (including phenoxy) is 2. The summed E-state index contributed by atoms with van der Waals surface area (Å²) in [6, 6.07) is 19.5. The predicted molar refractivity (Wildman–Crippen MR) is 128 cm³/mol. The predicted octanol–water partition coefficient (Wildman–Crippen LogP) is 6.04. The second-order valence-corrected chi connectivity index (χ2v) is 8.77. The molecule has 0 bridgehead atoms. The van der Waals surface area contributed by atoms with Crippen molar-refractivity contribution < 1.29 is 14.3 Å². The fraction of sp³-hybridized carbons (Fsp3) is 0.167. The van der Waals surface area contributed by atoms with E-state index in [1.54, 1.807) is 12.0 Å². The molecule has 1 saturated heterocycles. The Morgan fingerprint density at radius 3 is 2.57 bits per heavy atom. The molecule has 1 aliphatic rings. The molecular formula is C24H21NO3S2. The normalized spacial score (nSPS) is 15.5. The molecule has 152 valence electrons. The first kappa shape index (κ1) is 20.4. The summed E-state index contributed by atoms with van der Waals surface area (Å²) in [6.07, 6.45) is 1.88. The van der Waals surface area contributed by atoms with Gasteiger partial charge in [-0.1, -0.05) is 66.4 Å². The van der Waals surface area contributed by atoms with Gasteiger partial charge in [-0.15, -0.1) is 0 Å². The third-order valence-corrected chi connectivity index (χ3v) is 5.95. The van der Waals surface area contributed by atoms with Crippen LogP contribution in [0.5, 0.6) is 11.5 Å². The fourth-order valence-electron chi connectivity index (χ4n) is 3.36. The summed E-state index contributed by atoms with van der Waals surface area (Å²) in [5, 5.41) is 2.06. The van der Waals surface area contributed by atoms with Gasteiger partial charge < -0.3 is 9.47 Å². The van der Waals surface area contributed by atoms with E-state index in [2.05, 4.69) is 0 Å². The third-order valence-electron chi connectivity index (χ3n) is 4.65. The van der Waals surface area contributed by atoms with E-state index in [1.807, 2.05) is 80.6 Å². The number of amides is 1. The van der Waals surface area contributed by atoms with Gasteiger partial charge in [-0.3, -0.25) is 9.69 Å². The summed E-state index contributed by atoms with van der Waals surface area (Å²) in [6.45, 7) is 3.93. The van der Waals surface area contributed by atoms with Crippen molar-refractivity contribution >= 4 is 56.7 Å². The highest BCUT2D eigenvalue weighted by Gasteiger charge is 2.34. The summed E-state index contributed by atoms with van der Waals surface area (Å²) in [4.78, 5) is 15.4. The number of nitrogens with zero attached hydrogens (tertiary/aromatic N) is 1. The molecule has 1 aliphatic heterocycles. The molecule has 4 rings (SSSR count). The Bertz CT molecular complexity index is 1160. The van der Waals surface area contributed by atoms with Crippen molar-refractivity contribution in [3.05, 3.63) is 71.1 Å². The Hall–Kier alpha value is -2.83. The monoisotopic (exact) mass is 435 g/mol. The minimum absolute atomic E-state index is 0.0432. The van der Waals surface area contributed by atoms with Crippen molar-refractivity contribution in [1.82, 2.24) is 0 Å². The number of hydrogen-bond acceptors (Lipinski definition) is 5. The lowest BCUT2D eigenvalue weighted by Crippen LogP contribution is -2.27. The molecule has 0 N–H and O–H groups in total. The number of methoxy groups -OCH3 is 1. The fourth-order valence-corrected chi connectivity index (χ4v) is 4.64. The molecule has 0 aromatic heterocycles. The van der Waals surface area contributed by atoms with Crippen LogP contribution in [0.3, 0.4) is 0 Å². The molecule has 4 nitrogen and oxygen atoms in total. The Labute approximate surface area is 185 Å². The lowest BCUT2D eigenvalue weighted by atomic mass is 10.1. The van der Waals surface area contributed by atoms with Crippen LogP contribution < -0.4 is 14.4 Å². The summed E-state index contributed by atoms with van der Waals surface area (Å²) >= 11 is 6.86. The Morgan fingerprint density at radius 2 is 1.80 bits per heavy atom. The van der Waals surface area contributed by atoms with Crippen molar-refractivity contribution in [2.24, 2.45) is 0 Å². The number of hydrogen-bond donors (Lipinski definition) is 0. The van der Waals surface area contributed by atoms with Gasteiger partial charge >= 0.3 is 0 Å². The maximum absolute atomic E-state index is 13.2. The smallest absolute Gasteiger partial charge is 0.270 e. The van der Waals surface area contributed by atoms with Gasteiger partial charge in [0.05, 0.1) is 23.8 Å². The van der Waals surface area contributed by atoms with Gasteiger partial charge in [0.2, 0.25) is 0 Å². The van der Waals surface area contributed by atoms with Gasteiger partial charge in [0, 0.05) is 5.39 Å². The quantitative estimate of drug-likeness (QED) is 0.361. The SMILES string of the molecule is COc1cc(/C=C2/SC(=S)N(c3cccc4ccccc34)C2=O)ccc1OC(C)C. The molecule has 1 heterocycles. The topological polar surface area (TPSA) is 38.8 Å². The summed E-state index contributed by atoms with van der Waals surface area (Å²) < 4.78 is 11.7. The van der Waals surface area contributed by atoms with Gasteiger partial charge in [-0.25, -0.2) is 0 Å². The van der Waals surface area contributed by atoms with E-state index in [4.69, 9.17) is 21.7 Å². The van der Waals surface area contributed by atoms with Crippen molar-refractivity contribution in [3.63, 3.8) is 0 Å². The van der Waals surface area contributed by atoms with Crippen LogP contribution in [-0.4, -0.2) is 23.4 Å². The third kappa shape index (κ3) is 3.93. The van der Waals surface area contributed by atoms with Crippen molar-refractivity contribution in [2.75, 3.05) is 12.0 Å². The van der Waals surface area contributed by atoms with Crippen LogP contribution in [0.4, 0.5) is 5.69 Å². The Kier molecular flexibility index (Phi) is 5.79. The zero-order valence-corrected chi connectivity index (χ0v) is 18.5. The molecule has 0 aliphatic carbocycles. The van der Waals surface area contributed by atoms with E-state index in [9.17, 15) is 4.79 Å². The van der Waals surface area contributed by atoms with Gasteiger partial charge in [-0.05, 0) is 49.1 Å². The molecule has 0 radical (unpaired) electrons. The van der Waals surface area contributed by atoms with E-state index in [1.165, 1.54) is 11.8 Å². The average Bonchev–Trinajstić information content (AvgIpc) is 3.01. The van der Waals surface area contributed by atoms with E-state index in [-0.39, 0.29) is 12.0 Å². The molecule has 30 heavy (non-hydrogen) atoms. The Morgan fingerprint density at radius 1 is 1.03 bits per heavy atom. The number of benzene rings is 3. The Balaban J connectivity index is 1.68. The first-order valence-corrected chi connectivity index (χ1v) is 10.8. The second kappa shape index (κ2) is 8.50. The molecule has 0 atom stereocenters. The minimum Gasteiger partial charge on any atom is -0.493 e. The van der Waals surface area contributed by atoms with E-state index < -0.39 is 0 Å². The van der Waals surface area contributed by atoms with Gasteiger partial charge in [0.15, 0.2) is 15.8 Å². The van der Waals surface area contributed by atoms with Gasteiger partial charge in [0.1, 0.15) is 0 Å². The summed E-state index contributed by atoms with van der Waals surface area (Å²) in [5.74, 6) is 1.18. The van der Waals surface area contributed by atoms with Gasteiger partial charge in [-0.2, -0.15) is 0 Å². The first-order valence-electron chi connectivity index (χ1n) is 9.58. The largest absolute Gasteiger partial charge is 0.493 e. The van der Waals surface area contributed by atoms with E-state index in [0.717, 1.165) is 22.0 Å². The van der Waals surface area contributed by atoms with Crippen molar-refractivity contribution in [3.8, 4) is 11.5 Å². The number of anilines is 1. The van der Waals surface area contributed by atoms with E-state index >= 15 is 0 Å². The molecule has 3 aromatic carbocycles. The lowest BCUT2D eigenvalue weighted by molar-refractivity contribution is -0.113. The van der Waals surface area contributed by atoms with Crippen LogP contribution in [-0.2, 0) is 4.79 Å². The molecule has 3 aromatic rings. The van der Waals surface area contributed by atoms with E-state index in [0.29, 0.717) is 20.7 Å².